The van der Waals surface area contributed by atoms with Crippen molar-refractivity contribution in [1.82, 2.24) is 19.9 Å². The zero-order chi connectivity index (χ0) is 19.7. The number of nitriles is 1. The standard InChI is InChI=1S/C21H21N5O2/c1-13-18(14(2)26-21(25-13)16(10-22)11-24-26)7-8-20(27)23-12-17-9-15-5-3-4-6-19(15)28-17/h3-6,11,17H,7-9,12H2,1-2H3,(H,23,27)/t17-/m1/s1. The third kappa shape index (κ3) is 3.29. The van der Waals surface area contributed by atoms with Gasteiger partial charge in [0, 0.05) is 24.2 Å². The van der Waals surface area contributed by atoms with Gasteiger partial charge in [-0.05, 0) is 37.5 Å². The van der Waals surface area contributed by atoms with E-state index in [-0.39, 0.29) is 12.0 Å². The molecule has 1 N–H and O–H groups in total. The molecule has 0 saturated heterocycles. The average Bonchev–Trinajstić information content (AvgIpc) is 3.29. The second-order valence-corrected chi connectivity index (χ2v) is 7.02. The van der Waals surface area contributed by atoms with Gasteiger partial charge in [0.15, 0.2) is 5.65 Å². The van der Waals surface area contributed by atoms with Gasteiger partial charge in [0.1, 0.15) is 23.5 Å². The van der Waals surface area contributed by atoms with Gasteiger partial charge in [-0.1, -0.05) is 18.2 Å². The van der Waals surface area contributed by atoms with Gasteiger partial charge < -0.3 is 10.1 Å². The molecular weight excluding hydrogens is 354 g/mol. The van der Waals surface area contributed by atoms with Crippen molar-refractivity contribution < 1.29 is 9.53 Å². The van der Waals surface area contributed by atoms with Crippen LogP contribution in [0.5, 0.6) is 5.75 Å². The summed E-state index contributed by atoms with van der Waals surface area (Å²) in [6.07, 6.45) is 3.25. The topological polar surface area (TPSA) is 92.3 Å². The van der Waals surface area contributed by atoms with Crippen molar-refractivity contribution in [2.75, 3.05) is 6.54 Å². The van der Waals surface area contributed by atoms with Gasteiger partial charge in [-0.3, -0.25) is 4.79 Å². The van der Waals surface area contributed by atoms with Crippen molar-refractivity contribution in [3.05, 3.63) is 58.5 Å². The number of nitrogens with one attached hydrogen (secondary N) is 1. The number of ether oxygens (including phenoxy) is 1. The second-order valence-electron chi connectivity index (χ2n) is 7.02. The summed E-state index contributed by atoms with van der Waals surface area (Å²) in [7, 11) is 0. The van der Waals surface area contributed by atoms with Crippen LogP contribution >= 0.6 is 0 Å². The molecule has 7 nitrogen and oxygen atoms in total. The smallest absolute Gasteiger partial charge is 0.220 e. The highest BCUT2D eigenvalue weighted by Gasteiger charge is 2.22. The molecule has 0 bridgehead atoms. The Balaban J connectivity index is 1.36. The van der Waals surface area contributed by atoms with Crippen LogP contribution in [0.3, 0.4) is 0 Å². The first kappa shape index (κ1) is 18.0. The molecule has 28 heavy (non-hydrogen) atoms. The largest absolute Gasteiger partial charge is 0.488 e. The van der Waals surface area contributed by atoms with E-state index in [4.69, 9.17) is 10.00 Å². The maximum Gasteiger partial charge on any atom is 0.220 e. The van der Waals surface area contributed by atoms with Crippen molar-refractivity contribution >= 4 is 11.6 Å². The van der Waals surface area contributed by atoms with E-state index in [0.717, 1.165) is 29.1 Å². The number of benzene rings is 1. The van der Waals surface area contributed by atoms with E-state index in [9.17, 15) is 4.79 Å². The fraction of sp³-hybridized carbons (Fsp3) is 0.333. The van der Waals surface area contributed by atoms with Crippen LogP contribution < -0.4 is 10.1 Å². The second kappa shape index (κ2) is 7.31. The van der Waals surface area contributed by atoms with Crippen LogP contribution in [0.1, 0.15) is 34.5 Å². The highest BCUT2D eigenvalue weighted by Crippen LogP contribution is 2.27. The third-order valence-corrected chi connectivity index (χ3v) is 5.17. The van der Waals surface area contributed by atoms with Gasteiger partial charge in [-0.2, -0.15) is 10.4 Å². The molecule has 1 aromatic carbocycles. The molecule has 1 amide bonds. The predicted octanol–water partition coefficient (Wildman–Crippen LogP) is 2.27. The molecule has 1 aliphatic heterocycles. The summed E-state index contributed by atoms with van der Waals surface area (Å²) in [6, 6.07) is 10.1. The van der Waals surface area contributed by atoms with Crippen molar-refractivity contribution in [2.24, 2.45) is 0 Å². The van der Waals surface area contributed by atoms with Crippen LogP contribution in [-0.4, -0.2) is 33.2 Å². The fourth-order valence-corrected chi connectivity index (χ4v) is 3.67. The molecule has 0 fully saturated rings. The molecule has 1 atom stereocenters. The minimum atomic E-state index is -0.0173. The highest BCUT2D eigenvalue weighted by atomic mass is 16.5. The van der Waals surface area contributed by atoms with E-state index < -0.39 is 0 Å². The van der Waals surface area contributed by atoms with E-state index in [1.807, 2.05) is 32.0 Å². The molecule has 0 spiro atoms. The number of carbonyl (C=O) groups excluding carboxylic acids is 1. The van der Waals surface area contributed by atoms with Gasteiger partial charge in [0.2, 0.25) is 5.91 Å². The number of aromatic nitrogens is 3. The lowest BCUT2D eigenvalue weighted by Crippen LogP contribution is -2.34. The van der Waals surface area contributed by atoms with Gasteiger partial charge in [-0.25, -0.2) is 9.50 Å². The Morgan fingerprint density at radius 3 is 3.00 bits per heavy atom. The molecule has 0 saturated carbocycles. The minimum absolute atomic E-state index is 0.0170. The summed E-state index contributed by atoms with van der Waals surface area (Å²) in [5.41, 5.74) is 4.91. The Morgan fingerprint density at radius 2 is 2.21 bits per heavy atom. The quantitative estimate of drug-likeness (QED) is 0.738. The number of amides is 1. The van der Waals surface area contributed by atoms with E-state index >= 15 is 0 Å². The van der Waals surface area contributed by atoms with Crippen molar-refractivity contribution in [2.45, 2.75) is 39.2 Å². The van der Waals surface area contributed by atoms with Crippen molar-refractivity contribution in [1.29, 1.82) is 5.26 Å². The van der Waals surface area contributed by atoms with Crippen LogP contribution in [0.15, 0.2) is 30.5 Å². The molecule has 0 aliphatic carbocycles. The zero-order valence-corrected chi connectivity index (χ0v) is 15.9. The summed E-state index contributed by atoms with van der Waals surface area (Å²) in [6.45, 7) is 4.33. The number of hydrogen-bond donors (Lipinski definition) is 1. The van der Waals surface area contributed by atoms with Gasteiger partial charge in [0.25, 0.3) is 0 Å². The van der Waals surface area contributed by atoms with Crippen LogP contribution in [0.25, 0.3) is 5.65 Å². The van der Waals surface area contributed by atoms with Crippen molar-refractivity contribution in [3.8, 4) is 11.8 Å². The summed E-state index contributed by atoms with van der Waals surface area (Å²) < 4.78 is 7.53. The summed E-state index contributed by atoms with van der Waals surface area (Å²) in [5, 5.41) is 16.4. The Bertz CT molecular complexity index is 1070. The Morgan fingerprint density at radius 1 is 1.39 bits per heavy atom. The zero-order valence-electron chi connectivity index (χ0n) is 15.9. The third-order valence-electron chi connectivity index (χ3n) is 5.17. The SMILES string of the molecule is Cc1nc2c(C#N)cnn2c(C)c1CCC(=O)NC[C@H]1Cc2ccccc2O1. The van der Waals surface area contributed by atoms with Crippen molar-refractivity contribution in [3.63, 3.8) is 0 Å². The molecule has 0 radical (unpaired) electrons. The number of hydrogen-bond acceptors (Lipinski definition) is 5. The number of aryl methyl sites for hydroxylation is 2. The van der Waals surface area contributed by atoms with Gasteiger partial charge >= 0.3 is 0 Å². The molecule has 7 heteroatoms. The maximum absolute atomic E-state index is 12.3. The number of carbonyl (C=O) groups is 1. The Labute approximate surface area is 163 Å². The van der Waals surface area contributed by atoms with E-state index in [1.54, 1.807) is 4.52 Å². The summed E-state index contributed by atoms with van der Waals surface area (Å²) in [4.78, 5) is 16.8. The normalized spacial score (nSPS) is 15.1. The molecule has 4 rings (SSSR count). The maximum atomic E-state index is 12.3. The summed E-state index contributed by atoms with van der Waals surface area (Å²) in [5.74, 6) is 0.889. The lowest BCUT2D eigenvalue weighted by Gasteiger charge is -2.13. The Hall–Kier alpha value is -3.40. The number of nitrogens with zero attached hydrogens (tertiary/aromatic N) is 4. The van der Waals surface area contributed by atoms with Crippen LogP contribution in [-0.2, 0) is 17.6 Å². The van der Waals surface area contributed by atoms with E-state index in [2.05, 4.69) is 27.5 Å². The van der Waals surface area contributed by atoms with Gasteiger partial charge in [0.05, 0.1) is 12.7 Å². The van der Waals surface area contributed by atoms with Crippen LogP contribution in [0, 0.1) is 25.2 Å². The molecular formula is C21H21N5O2. The fourth-order valence-electron chi connectivity index (χ4n) is 3.67. The number of fused-ring (bicyclic) bond motifs is 2. The molecule has 2 aromatic heterocycles. The predicted molar refractivity (Wildman–Crippen MR) is 103 cm³/mol. The first-order chi connectivity index (χ1) is 13.6. The molecule has 0 unspecified atom stereocenters. The van der Waals surface area contributed by atoms with E-state index in [1.165, 1.54) is 11.8 Å². The molecule has 142 valence electrons. The Kier molecular flexibility index (Phi) is 4.70. The van der Waals surface area contributed by atoms with Crippen LogP contribution in [0.2, 0.25) is 0 Å². The molecule has 1 aliphatic rings. The number of rotatable bonds is 5. The van der Waals surface area contributed by atoms with Gasteiger partial charge in [-0.15, -0.1) is 0 Å². The molecule has 3 heterocycles. The highest BCUT2D eigenvalue weighted by molar-refractivity contribution is 5.76. The van der Waals surface area contributed by atoms with E-state index in [0.29, 0.717) is 30.6 Å². The summed E-state index contributed by atoms with van der Waals surface area (Å²) >= 11 is 0. The lowest BCUT2D eigenvalue weighted by atomic mass is 10.1. The monoisotopic (exact) mass is 375 g/mol. The van der Waals surface area contributed by atoms with Crippen LogP contribution in [0.4, 0.5) is 0 Å². The molecule has 3 aromatic rings. The number of para-hydroxylation sites is 1. The minimum Gasteiger partial charge on any atom is -0.488 e. The first-order valence-corrected chi connectivity index (χ1v) is 9.32. The lowest BCUT2D eigenvalue weighted by molar-refractivity contribution is -0.121. The first-order valence-electron chi connectivity index (χ1n) is 9.32. The average molecular weight is 375 g/mol.